The Balaban J connectivity index is 0.799. The minimum absolute atomic E-state index is 0.0230. The number of piperazine rings is 1. The van der Waals surface area contributed by atoms with Crippen LogP contribution in [0.1, 0.15) is 55.3 Å². The Morgan fingerprint density at radius 3 is 2.58 bits per heavy atom. The molecule has 5 heterocycles. The predicted molar refractivity (Wildman–Crippen MR) is 290 cm³/mol. The van der Waals surface area contributed by atoms with Crippen LogP contribution in [-0.4, -0.2) is 143 Å². The first-order valence-electron chi connectivity index (χ1n) is 25.4. The zero-order chi connectivity index (χ0) is 53.6. The number of carbonyl (C=O) groups excluding carboxylic acids is 3. The number of anilines is 2. The number of phenolic OH excluding ortho intramolecular Hbond substituents is 1. The second-order valence-corrected chi connectivity index (χ2v) is 20.8. The van der Waals surface area contributed by atoms with Gasteiger partial charge in [0.25, 0.3) is 0 Å². The average molecular weight is 1080 g/mol. The third-order valence-corrected chi connectivity index (χ3v) is 15.1. The number of amides is 3. The van der Waals surface area contributed by atoms with Crippen molar-refractivity contribution in [1.82, 2.24) is 40.5 Å². The molecule has 9 rings (SSSR count). The summed E-state index contributed by atoms with van der Waals surface area (Å²) in [6, 6.07) is 18.8. The number of aromatic nitrogens is 4. The Bertz CT molecular complexity index is 3240. The summed E-state index contributed by atoms with van der Waals surface area (Å²) in [4.78, 5) is 61.0. The zero-order valence-electron chi connectivity index (χ0n) is 43.1. The van der Waals surface area contributed by atoms with E-state index in [1.165, 1.54) is 22.3 Å². The van der Waals surface area contributed by atoms with Gasteiger partial charge in [0.1, 0.15) is 47.2 Å². The number of hydrogen-bond acceptors (Lipinski definition) is 16. The van der Waals surface area contributed by atoms with Gasteiger partial charge in [-0.1, -0.05) is 67.0 Å². The van der Waals surface area contributed by atoms with E-state index in [-0.39, 0.29) is 97.8 Å². The summed E-state index contributed by atoms with van der Waals surface area (Å²) in [5, 5.41) is 36.8. The molecular weight excluding hydrogens is 1020 g/mol. The van der Waals surface area contributed by atoms with Gasteiger partial charge in [0, 0.05) is 94.8 Å². The molecule has 0 bridgehead atoms. The molecule has 0 radical (unpaired) electrons. The highest BCUT2D eigenvalue weighted by Gasteiger charge is 2.43. The van der Waals surface area contributed by atoms with Crippen LogP contribution in [0.15, 0.2) is 76.8 Å². The molecule has 3 atom stereocenters. The SMILES string of the molecule is Cc1cc([C@@H](C(=O)N2CC(O)CC2C(=O)NCc2ccc(-c3scnc3C)cc2OCCOCCN(C)C(=O)CCNc2nc(N3CCNCC3)c3cc(Cl)c(-c4cc(O)cc5ccccc45)c(F)c3n2)C(C)C)on1. The second-order valence-electron chi connectivity index (χ2n) is 19.5. The van der Waals surface area contributed by atoms with Gasteiger partial charge < -0.3 is 54.9 Å². The fraction of sp³-hybridized carbons (Fsp3) is 0.400. The topological polar surface area (TPSA) is 221 Å². The highest BCUT2D eigenvalue weighted by molar-refractivity contribution is 7.13. The van der Waals surface area contributed by atoms with Gasteiger partial charge in [-0.05, 0) is 65.9 Å². The molecule has 18 nitrogen and oxygen atoms in total. The van der Waals surface area contributed by atoms with Crippen molar-refractivity contribution in [2.45, 2.75) is 65.1 Å². The number of nitrogens with zero attached hydrogens (tertiary/aromatic N) is 7. The van der Waals surface area contributed by atoms with E-state index in [4.69, 9.17) is 30.6 Å². The Hall–Kier alpha value is -6.97. The molecule has 2 unspecified atom stereocenters. The molecule has 400 valence electrons. The lowest BCUT2D eigenvalue weighted by atomic mass is 9.91. The maximum absolute atomic E-state index is 16.9. The summed E-state index contributed by atoms with van der Waals surface area (Å²) in [6.45, 7) is 11.4. The van der Waals surface area contributed by atoms with Gasteiger partial charge >= 0.3 is 0 Å². The van der Waals surface area contributed by atoms with E-state index >= 15 is 4.39 Å². The van der Waals surface area contributed by atoms with Gasteiger partial charge in [-0.15, -0.1) is 11.3 Å². The normalized spacial score (nSPS) is 16.2. The van der Waals surface area contributed by atoms with Crippen molar-refractivity contribution < 1.29 is 43.0 Å². The number of aromatic hydroxyl groups is 1. The van der Waals surface area contributed by atoms with Crippen LogP contribution in [0, 0.1) is 25.6 Å². The fourth-order valence-corrected chi connectivity index (χ4v) is 10.9. The number of carbonyl (C=O) groups is 3. The number of β-amino-alcohol motifs (C(OH)–C–C–N with tert-alkyl or cyclic N) is 1. The number of aliphatic hydroxyl groups is 1. The van der Waals surface area contributed by atoms with Crippen LogP contribution in [0.3, 0.4) is 0 Å². The maximum atomic E-state index is 16.9. The molecule has 7 aromatic rings. The molecule has 2 aliphatic rings. The number of ether oxygens (including phenoxy) is 2. The first-order valence-corrected chi connectivity index (χ1v) is 26.7. The van der Waals surface area contributed by atoms with Crippen LogP contribution in [-0.2, 0) is 25.7 Å². The Morgan fingerprint density at radius 2 is 1.83 bits per heavy atom. The molecule has 2 fully saturated rings. The lowest BCUT2D eigenvalue weighted by molar-refractivity contribution is -0.141. The fourth-order valence-electron chi connectivity index (χ4n) is 9.84. The van der Waals surface area contributed by atoms with Gasteiger partial charge in [0.05, 0.1) is 46.1 Å². The molecule has 3 aromatic heterocycles. The molecule has 21 heteroatoms. The summed E-state index contributed by atoms with van der Waals surface area (Å²) in [6.07, 6.45) is -0.670. The molecule has 0 aliphatic carbocycles. The number of phenols is 1. The van der Waals surface area contributed by atoms with Crippen molar-refractivity contribution in [1.29, 1.82) is 0 Å². The van der Waals surface area contributed by atoms with E-state index in [1.54, 1.807) is 42.6 Å². The lowest BCUT2D eigenvalue weighted by Crippen LogP contribution is -2.48. The highest BCUT2D eigenvalue weighted by Crippen LogP contribution is 2.43. The summed E-state index contributed by atoms with van der Waals surface area (Å²) in [5.41, 5.74) is 5.50. The minimum atomic E-state index is -0.888. The van der Waals surface area contributed by atoms with Crippen molar-refractivity contribution in [2.75, 3.05) is 82.9 Å². The quantitative estimate of drug-likeness (QED) is 0.0468. The molecule has 0 spiro atoms. The van der Waals surface area contributed by atoms with Gasteiger partial charge in [-0.25, -0.2) is 14.4 Å². The van der Waals surface area contributed by atoms with E-state index < -0.39 is 29.8 Å². The summed E-state index contributed by atoms with van der Waals surface area (Å²) in [5.74, 6) is -0.717. The number of nitrogens with one attached hydrogen (secondary N) is 3. The van der Waals surface area contributed by atoms with Gasteiger partial charge in [0.2, 0.25) is 23.7 Å². The number of rotatable bonds is 20. The first kappa shape index (κ1) is 53.8. The number of fused-ring (bicyclic) bond motifs is 2. The molecular formula is C55H62ClFN10O8S. The van der Waals surface area contributed by atoms with E-state index in [9.17, 15) is 24.6 Å². The van der Waals surface area contributed by atoms with E-state index in [2.05, 4.69) is 36.0 Å². The van der Waals surface area contributed by atoms with Crippen LogP contribution in [0.4, 0.5) is 16.2 Å². The average Bonchev–Trinajstić information content (AvgIpc) is 4.18. The van der Waals surface area contributed by atoms with Gasteiger partial charge in [-0.2, -0.15) is 4.98 Å². The number of likely N-dealkylation sites (tertiary alicyclic amines) is 1. The Morgan fingerprint density at radius 1 is 1.03 bits per heavy atom. The standard InChI is InChI=1S/C55H62ClFN10O8S/c1-31(2)47(45-22-32(3)64-75-45)54(72)67-29-38(69)26-43(67)53(71)60-28-36-11-10-35(51-33(4)61-30-76-51)24-44(36)74-21-20-73-19-18-65(5)46(70)12-13-59-55-62-50-41(52(63-55)66-16-14-58-15-17-66)27-42(56)48(49(50)57)40-25-37(68)23-34-8-6-7-9-39(34)40/h6-11,22-25,27,30-31,38,43,47,58,68-69H,12-21,26,28-29H2,1-5H3,(H,60,71)(H,59,62,63)/t38?,43?,47-/m0/s1. The highest BCUT2D eigenvalue weighted by atomic mass is 35.5. The third-order valence-electron chi connectivity index (χ3n) is 13.8. The second kappa shape index (κ2) is 23.9. The lowest BCUT2D eigenvalue weighted by Gasteiger charge is -2.29. The number of benzene rings is 4. The van der Waals surface area contributed by atoms with Crippen LogP contribution >= 0.6 is 22.9 Å². The summed E-state index contributed by atoms with van der Waals surface area (Å²) >= 11 is 8.38. The smallest absolute Gasteiger partial charge is 0.243 e. The first-order chi connectivity index (χ1) is 36.6. The van der Waals surface area contributed by atoms with Crippen LogP contribution in [0.2, 0.25) is 5.02 Å². The number of hydrogen-bond donors (Lipinski definition) is 5. The summed E-state index contributed by atoms with van der Waals surface area (Å²) in [7, 11) is 1.69. The molecule has 2 aliphatic heterocycles. The number of aliphatic hydroxyl groups excluding tert-OH is 1. The monoisotopic (exact) mass is 1080 g/mol. The number of thiazole rings is 1. The zero-order valence-corrected chi connectivity index (χ0v) is 44.6. The summed E-state index contributed by atoms with van der Waals surface area (Å²) < 4.78 is 34.6. The molecule has 3 amide bonds. The third kappa shape index (κ3) is 12.0. The van der Waals surface area contributed by atoms with Crippen molar-refractivity contribution >= 4 is 74.1 Å². The van der Waals surface area contributed by atoms with Crippen LogP contribution < -0.4 is 25.6 Å². The minimum Gasteiger partial charge on any atom is -0.508 e. The van der Waals surface area contributed by atoms with Crippen molar-refractivity contribution in [2.24, 2.45) is 5.92 Å². The van der Waals surface area contributed by atoms with Gasteiger partial charge in [-0.3, -0.25) is 14.4 Å². The number of likely N-dealkylation sites (N-methyl/N-ethyl adjacent to an activating group) is 1. The van der Waals surface area contributed by atoms with E-state index in [0.717, 1.165) is 26.9 Å². The van der Waals surface area contributed by atoms with Crippen LogP contribution in [0.5, 0.6) is 11.5 Å². The predicted octanol–water partition coefficient (Wildman–Crippen LogP) is 7.46. The number of aryl methyl sites for hydroxylation is 2. The molecule has 5 N–H and O–H groups in total. The largest absolute Gasteiger partial charge is 0.508 e. The molecule has 0 saturated carbocycles. The molecule has 2 saturated heterocycles. The van der Waals surface area contributed by atoms with Crippen molar-refractivity contribution in [3.05, 3.63) is 106 Å². The number of halogens is 2. The van der Waals surface area contributed by atoms with Crippen LogP contribution in [0.25, 0.3) is 43.2 Å². The Labute approximate surface area is 448 Å². The Kier molecular flexibility index (Phi) is 16.9. The maximum Gasteiger partial charge on any atom is 0.243 e. The molecule has 4 aromatic carbocycles. The van der Waals surface area contributed by atoms with Crippen molar-refractivity contribution in [3.8, 4) is 33.1 Å². The van der Waals surface area contributed by atoms with E-state index in [0.29, 0.717) is 72.3 Å². The van der Waals surface area contributed by atoms with E-state index in [1.807, 2.05) is 63.2 Å². The molecule has 76 heavy (non-hydrogen) atoms. The van der Waals surface area contributed by atoms with Crippen molar-refractivity contribution in [3.63, 3.8) is 0 Å². The van der Waals surface area contributed by atoms with Gasteiger partial charge in [0.15, 0.2) is 5.82 Å².